The Morgan fingerprint density at radius 1 is 0.967 bits per heavy atom. The molecule has 0 saturated carbocycles. The molecule has 0 amide bonds. The van der Waals surface area contributed by atoms with Gasteiger partial charge in [0.2, 0.25) is 0 Å². The van der Waals surface area contributed by atoms with E-state index in [1.807, 2.05) is 66.1 Å². The molecule has 0 fully saturated rings. The highest BCUT2D eigenvalue weighted by molar-refractivity contribution is 7.98. The molecule has 0 saturated heterocycles. The number of aromatic nitrogens is 4. The third-order valence-electron chi connectivity index (χ3n) is 4.13. The quantitative estimate of drug-likeness (QED) is 0.330. The second-order valence-corrected chi connectivity index (χ2v) is 7.56. The van der Waals surface area contributed by atoms with Gasteiger partial charge in [-0.05, 0) is 55.5 Å². The maximum Gasteiger partial charge on any atom is 0.196 e. The van der Waals surface area contributed by atoms with E-state index in [1.165, 1.54) is 11.8 Å². The molecule has 4 aromatic rings. The molecule has 2 aromatic heterocycles. The van der Waals surface area contributed by atoms with E-state index < -0.39 is 0 Å². The summed E-state index contributed by atoms with van der Waals surface area (Å²) in [5.41, 5.74) is 1.73. The van der Waals surface area contributed by atoms with Crippen LogP contribution < -0.4 is 9.47 Å². The molecular weight excluding hydrogens is 424 g/mol. The van der Waals surface area contributed by atoms with Gasteiger partial charge in [0.05, 0.1) is 12.3 Å². The molecule has 0 atom stereocenters. The van der Waals surface area contributed by atoms with Crippen molar-refractivity contribution in [3.63, 3.8) is 0 Å². The molecule has 154 valence electrons. The maximum absolute atomic E-state index is 6.06. The van der Waals surface area contributed by atoms with E-state index in [4.69, 9.17) is 25.6 Å². The molecule has 2 heterocycles. The third kappa shape index (κ3) is 4.95. The molecule has 0 bridgehead atoms. The Hall–Kier alpha value is -2.97. The van der Waals surface area contributed by atoms with Crippen LogP contribution in [0.5, 0.6) is 11.5 Å². The number of hydrogen-bond acceptors (Lipinski definition) is 7. The van der Waals surface area contributed by atoms with Crippen molar-refractivity contribution in [2.45, 2.75) is 24.4 Å². The normalized spacial score (nSPS) is 10.9. The maximum atomic E-state index is 6.06. The van der Waals surface area contributed by atoms with Gasteiger partial charge in [-0.25, -0.2) is 0 Å². The van der Waals surface area contributed by atoms with Crippen molar-refractivity contribution in [3.8, 4) is 17.2 Å². The monoisotopic (exact) mass is 442 g/mol. The highest BCUT2D eigenvalue weighted by Crippen LogP contribution is 2.26. The molecule has 0 spiro atoms. The van der Waals surface area contributed by atoms with Crippen molar-refractivity contribution < 1.29 is 14.0 Å². The van der Waals surface area contributed by atoms with Crippen LogP contribution in [0.1, 0.15) is 18.4 Å². The largest absolute Gasteiger partial charge is 0.494 e. The number of nitrogens with zero attached hydrogens (tertiary/aromatic N) is 4. The molecule has 0 aliphatic rings. The summed E-state index contributed by atoms with van der Waals surface area (Å²) in [7, 11) is 0. The number of halogens is 1. The summed E-state index contributed by atoms with van der Waals surface area (Å²) < 4.78 is 18.2. The lowest BCUT2D eigenvalue weighted by atomic mass is 10.3. The number of ether oxygens (including phenoxy) is 2. The average molecular weight is 443 g/mol. The first kappa shape index (κ1) is 20.3. The summed E-state index contributed by atoms with van der Waals surface area (Å²) >= 11 is 7.57. The van der Waals surface area contributed by atoms with Crippen LogP contribution in [-0.4, -0.2) is 26.5 Å². The Bertz CT molecular complexity index is 1070. The lowest BCUT2D eigenvalue weighted by Gasteiger charge is -2.11. The summed E-state index contributed by atoms with van der Waals surface area (Å²) in [6, 6.07) is 16.8. The van der Waals surface area contributed by atoms with Gasteiger partial charge in [0.25, 0.3) is 0 Å². The first-order valence-electron chi connectivity index (χ1n) is 9.31. The fraction of sp³-hybridized carbons (Fsp3) is 0.190. The molecule has 7 nitrogen and oxygen atoms in total. The zero-order valence-corrected chi connectivity index (χ0v) is 17.8. The number of benzene rings is 2. The van der Waals surface area contributed by atoms with Gasteiger partial charge < -0.3 is 14.0 Å². The van der Waals surface area contributed by atoms with Gasteiger partial charge in [-0.3, -0.25) is 4.57 Å². The molecule has 30 heavy (non-hydrogen) atoms. The third-order valence-corrected chi connectivity index (χ3v) is 5.34. The average Bonchev–Trinajstić information content (AvgIpc) is 3.42. The lowest BCUT2D eigenvalue weighted by Crippen LogP contribution is -2.06. The molecule has 0 aliphatic carbocycles. The fourth-order valence-corrected chi connectivity index (χ4v) is 3.72. The van der Waals surface area contributed by atoms with Crippen molar-refractivity contribution in [2.75, 3.05) is 6.61 Å². The smallest absolute Gasteiger partial charge is 0.196 e. The molecule has 4 rings (SSSR count). The fourth-order valence-electron chi connectivity index (χ4n) is 2.73. The Balaban J connectivity index is 1.54. The SMILES string of the molecule is CCOc1ccc(OCc2nnc(SCc3ccon3)n2-c2ccc(Cl)cc2)cc1. The van der Waals surface area contributed by atoms with Crippen LogP contribution in [0.4, 0.5) is 0 Å². The Morgan fingerprint density at radius 2 is 1.70 bits per heavy atom. The van der Waals surface area contributed by atoms with Gasteiger partial charge in [0.1, 0.15) is 24.4 Å². The first-order valence-corrected chi connectivity index (χ1v) is 10.7. The van der Waals surface area contributed by atoms with Gasteiger partial charge in [-0.2, -0.15) is 0 Å². The van der Waals surface area contributed by atoms with Gasteiger partial charge in [0.15, 0.2) is 11.0 Å². The number of hydrogen-bond donors (Lipinski definition) is 0. The number of thioether (sulfide) groups is 1. The van der Waals surface area contributed by atoms with Crippen molar-refractivity contribution in [3.05, 3.63) is 77.4 Å². The van der Waals surface area contributed by atoms with E-state index in [9.17, 15) is 0 Å². The minimum atomic E-state index is 0.258. The van der Waals surface area contributed by atoms with E-state index in [0.29, 0.717) is 23.2 Å². The molecular formula is C21H19ClN4O3S. The standard InChI is InChI=1S/C21H19ClN4O3S/c1-2-27-18-7-9-19(10-8-18)28-13-20-23-24-21(30-14-16-11-12-29-25-16)26(20)17-5-3-15(22)4-6-17/h3-12H,2,13-14H2,1H3. The summed E-state index contributed by atoms with van der Waals surface area (Å²) in [5, 5.41) is 14.0. The molecule has 0 unspecified atom stereocenters. The van der Waals surface area contributed by atoms with Gasteiger partial charge in [-0.1, -0.05) is 28.5 Å². The molecule has 0 aliphatic heterocycles. The van der Waals surface area contributed by atoms with Crippen LogP contribution in [0.15, 0.2) is 70.5 Å². The van der Waals surface area contributed by atoms with Crippen LogP contribution >= 0.6 is 23.4 Å². The summed E-state index contributed by atoms with van der Waals surface area (Å²) in [5.74, 6) is 2.82. The molecule has 2 aromatic carbocycles. The van der Waals surface area contributed by atoms with Crippen LogP contribution in [0.2, 0.25) is 5.02 Å². The topological polar surface area (TPSA) is 75.2 Å². The van der Waals surface area contributed by atoms with Crippen molar-refractivity contribution in [2.24, 2.45) is 0 Å². The summed E-state index contributed by atoms with van der Waals surface area (Å²) in [6.07, 6.45) is 1.55. The van der Waals surface area contributed by atoms with Crippen LogP contribution in [0.3, 0.4) is 0 Å². The van der Waals surface area contributed by atoms with E-state index in [1.54, 1.807) is 6.26 Å². The van der Waals surface area contributed by atoms with Gasteiger partial charge >= 0.3 is 0 Å². The van der Waals surface area contributed by atoms with Gasteiger partial charge in [0, 0.05) is 22.5 Å². The van der Waals surface area contributed by atoms with Crippen LogP contribution in [0.25, 0.3) is 5.69 Å². The van der Waals surface area contributed by atoms with E-state index in [-0.39, 0.29) is 6.61 Å². The minimum Gasteiger partial charge on any atom is -0.494 e. The summed E-state index contributed by atoms with van der Waals surface area (Å²) in [6.45, 7) is 2.83. The zero-order chi connectivity index (χ0) is 20.8. The second kappa shape index (κ2) is 9.69. The lowest BCUT2D eigenvalue weighted by molar-refractivity contribution is 0.291. The first-order chi connectivity index (χ1) is 14.7. The Labute approximate surface area is 183 Å². The predicted molar refractivity (Wildman–Crippen MR) is 114 cm³/mol. The Kier molecular flexibility index (Phi) is 6.56. The predicted octanol–water partition coefficient (Wildman–Crippen LogP) is 5.18. The highest BCUT2D eigenvalue weighted by atomic mass is 35.5. The van der Waals surface area contributed by atoms with Gasteiger partial charge in [-0.15, -0.1) is 10.2 Å². The van der Waals surface area contributed by atoms with Crippen molar-refractivity contribution in [1.29, 1.82) is 0 Å². The van der Waals surface area contributed by atoms with E-state index in [0.717, 1.165) is 28.0 Å². The van der Waals surface area contributed by atoms with Crippen LogP contribution in [0, 0.1) is 0 Å². The number of rotatable bonds is 9. The highest BCUT2D eigenvalue weighted by Gasteiger charge is 2.16. The molecule has 0 N–H and O–H groups in total. The van der Waals surface area contributed by atoms with Crippen molar-refractivity contribution >= 4 is 23.4 Å². The molecule has 9 heteroatoms. The summed E-state index contributed by atoms with van der Waals surface area (Å²) in [4.78, 5) is 0. The Morgan fingerprint density at radius 3 is 2.37 bits per heavy atom. The van der Waals surface area contributed by atoms with Crippen LogP contribution in [-0.2, 0) is 12.4 Å². The minimum absolute atomic E-state index is 0.258. The second-order valence-electron chi connectivity index (χ2n) is 6.18. The zero-order valence-electron chi connectivity index (χ0n) is 16.2. The van der Waals surface area contributed by atoms with E-state index >= 15 is 0 Å². The van der Waals surface area contributed by atoms with Crippen molar-refractivity contribution in [1.82, 2.24) is 19.9 Å². The molecule has 0 radical (unpaired) electrons. The van der Waals surface area contributed by atoms with E-state index in [2.05, 4.69) is 15.4 Å².